The molecule has 29 heavy (non-hydrogen) atoms. The number of carbonyl (C=O) groups is 2. The lowest BCUT2D eigenvalue weighted by Crippen LogP contribution is -2.57. The Morgan fingerprint density at radius 2 is 2.07 bits per heavy atom. The molecule has 1 spiro atoms. The molecule has 1 saturated carbocycles. The molecule has 0 bridgehead atoms. The van der Waals surface area contributed by atoms with Crippen LogP contribution in [0.5, 0.6) is 0 Å². The molecule has 6 nitrogen and oxygen atoms in total. The van der Waals surface area contributed by atoms with E-state index in [1.165, 1.54) is 18.2 Å². The highest BCUT2D eigenvalue weighted by Gasteiger charge is 2.53. The fraction of sp³-hybridized carbons (Fsp3) is 0.636. The normalized spacial score (nSPS) is 31.9. The predicted molar refractivity (Wildman–Crippen MR) is 105 cm³/mol. The van der Waals surface area contributed by atoms with Gasteiger partial charge in [0, 0.05) is 18.7 Å². The Labute approximate surface area is 170 Å². The van der Waals surface area contributed by atoms with Gasteiger partial charge in [0.2, 0.25) is 5.91 Å². The first-order chi connectivity index (χ1) is 14.0. The number of ether oxygens (including phenoxy) is 2. The highest BCUT2D eigenvalue weighted by molar-refractivity contribution is 5.98. The summed E-state index contributed by atoms with van der Waals surface area (Å²) in [5.41, 5.74) is -0.549. The molecule has 2 heterocycles. The number of benzene rings is 1. The van der Waals surface area contributed by atoms with Crippen molar-refractivity contribution in [3.05, 3.63) is 35.6 Å². The van der Waals surface area contributed by atoms with E-state index in [0.29, 0.717) is 25.3 Å². The van der Waals surface area contributed by atoms with Gasteiger partial charge in [0.05, 0.1) is 12.7 Å². The zero-order valence-corrected chi connectivity index (χ0v) is 16.9. The summed E-state index contributed by atoms with van der Waals surface area (Å²) in [4.78, 5) is 28.0. The molecule has 4 rings (SSSR count). The van der Waals surface area contributed by atoms with Gasteiger partial charge in [-0.25, -0.2) is 4.39 Å². The molecule has 7 heteroatoms. The number of nitrogens with zero attached hydrogens (tertiary/aromatic N) is 1. The quantitative estimate of drug-likeness (QED) is 0.838. The Hall–Kier alpha value is -1.99. The van der Waals surface area contributed by atoms with Gasteiger partial charge in [-0.2, -0.15) is 0 Å². The van der Waals surface area contributed by atoms with Crippen molar-refractivity contribution < 1.29 is 23.5 Å². The highest BCUT2D eigenvalue weighted by Crippen LogP contribution is 2.43. The van der Waals surface area contributed by atoms with Gasteiger partial charge < -0.3 is 14.8 Å². The molecule has 2 amide bonds. The van der Waals surface area contributed by atoms with Crippen molar-refractivity contribution in [2.75, 3.05) is 19.8 Å². The number of halogens is 1. The molecule has 1 N–H and O–H groups in total. The number of nitrogens with one attached hydrogen (secondary N) is 1. The lowest BCUT2D eigenvalue weighted by molar-refractivity contribution is -0.128. The van der Waals surface area contributed by atoms with Crippen molar-refractivity contribution in [3.8, 4) is 0 Å². The SMILES string of the molecule is CC1CCC2(CC1)OC[C@H](C(=O)NC[C@@H]1CCCO1)N2C(=O)c1cccc(F)c1. The molecule has 1 aromatic rings. The molecule has 158 valence electrons. The molecule has 1 aliphatic carbocycles. The molecule has 2 saturated heterocycles. The molecular formula is C22H29FN2O4. The highest BCUT2D eigenvalue weighted by atomic mass is 19.1. The minimum atomic E-state index is -0.790. The molecule has 2 atom stereocenters. The van der Waals surface area contributed by atoms with Crippen LogP contribution in [0, 0.1) is 11.7 Å². The van der Waals surface area contributed by atoms with Crippen molar-refractivity contribution in [2.24, 2.45) is 5.92 Å². The minimum absolute atomic E-state index is 0.0260. The first kappa shape index (κ1) is 20.3. The van der Waals surface area contributed by atoms with Crippen molar-refractivity contribution in [3.63, 3.8) is 0 Å². The van der Waals surface area contributed by atoms with Crippen molar-refractivity contribution >= 4 is 11.8 Å². The summed E-state index contributed by atoms with van der Waals surface area (Å²) in [6, 6.07) is 4.91. The van der Waals surface area contributed by atoms with E-state index < -0.39 is 17.6 Å². The van der Waals surface area contributed by atoms with Crippen molar-refractivity contribution in [2.45, 2.75) is 63.3 Å². The third-order valence-electron chi connectivity index (χ3n) is 6.44. The summed E-state index contributed by atoms with van der Waals surface area (Å²) in [6.07, 6.45) is 5.18. The van der Waals surface area contributed by atoms with E-state index in [-0.39, 0.29) is 30.1 Å². The van der Waals surface area contributed by atoms with E-state index in [1.807, 2.05) is 0 Å². The van der Waals surface area contributed by atoms with Gasteiger partial charge in [0.1, 0.15) is 17.6 Å². The molecule has 2 aliphatic heterocycles. The maximum absolute atomic E-state index is 13.8. The maximum Gasteiger partial charge on any atom is 0.256 e. The first-order valence-corrected chi connectivity index (χ1v) is 10.6. The van der Waals surface area contributed by atoms with Crippen molar-refractivity contribution in [1.29, 1.82) is 0 Å². The lowest BCUT2D eigenvalue weighted by Gasteiger charge is -2.43. The second-order valence-electron chi connectivity index (χ2n) is 8.52. The Kier molecular flexibility index (Phi) is 5.88. The van der Waals surface area contributed by atoms with Crippen LogP contribution in [-0.4, -0.2) is 54.3 Å². The third-order valence-corrected chi connectivity index (χ3v) is 6.44. The molecule has 3 fully saturated rings. The van der Waals surface area contributed by atoms with Gasteiger partial charge in [-0.05, 0) is 62.6 Å². The molecule has 3 aliphatic rings. The standard InChI is InChI=1S/C22H29FN2O4/c1-15-7-9-22(10-8-15)25(21(27)16-4-2-5-17(23)12-16)19(14-29-22)20(26)24-13-18-6-3-11-28-18/h2,4-5,12,15,18-19H,3,6-11,13-14H2,1H3,(H,24,26)/t15?,18-,19+,22?/m0/s1. The predicted octanol–water partition coefficient (Wildman–Crippen LogP) is 2.87. The zero-order valence-electron chi connectivity index (χ0n) is 16.9. The van der Waals surface area contributed by atoms with Gasteiger partial charge in [-0.15, -0.1) is 0 Å². The van der Waals surface area contributed by atoms with Crippen LogP contribution >= 0.6 is 0 Å². The van der Waals surface area contributed by atoms with E-state index in [1.54, 1.807) is 11.0 Å². The van der Waals surface area contributed by atoms with Crippen LogP contribution in [0.4, 0.5) is 4.39 Å². The van der Waals surface area contributed by atoms with Crippen LogP contribution in [0.2, 0.25) is 0 Å². The molecule has 0 radical (unpaired) electrons. The molecule has 1 aromatic carbocycles. The Morgan fingerprint density at radius 1 is 1.28 bits per heavy atom. The van der Waals surface area contributed by atoms with Crippen LogP contribution in [-0.2, 0) is 14.3 Å². The van der Waals surface area contributed by atoms with Crippen molar-refractivity contribution in [1.82, 2.24) is 10.2 Å². The van der Waals surface area contributed by atoms with E-state index in [9.17, 15) is 14.0 Å². The van der Waals surface area contributed by atoms with Gasteiger partial charge in [0.15, 0.2) is 0 Å². The van der Waals surface area contributed by atoms with E-state index in [0.717, 1.165) is 32.3 Å². The average molecular weight is 404 g/mol. The van der Waals surface area contributed by atoms with Gasteiger partial charge in [-0.1, -0.05) is 13.0 Å². The summed E-state index contributed by atoms with van der Waals surface area (Å²) >= 11 is 0. The largest absolute Gasteiger partial charge is 0.376 e. The summed E-state index contributed by atoms with van der Waals surface area (Å²) in [7, 11) is 0. The number of hydrogen-bond donors (Lipinski definition) is 1. The second-order valence-corrected chi connectivity index (χ2v) is 8.52. The number of amides is 2. The van der Waals surface area contributed by atoms with E-state index >= 15 is 0 Å². The minimum Gasteiger partial charge on any atom is -0.376 e. The summed E-state index contributed by atoms with van der Waals surface area (Å²) in [6.45, 7) is 3.50. The van der Waals surface area contributed by atoms with Gasteiger partial charge in [0.25, 0.3) is 5.91 Å². The Morgan fingerprint density at radius 3 is 2.76 bits per heavy atom. The van der Waals surface area contributed by atoms with Crippen LogP contribution < -0.4 is 5.32 Å². The Balaban J connectivity index is 1.56. The van der Waals surface area contributed by atoms with Crippen LogP contribution in [0.15, 0.2) is 24.3 Å². The van der Waals surface area contributed by atoms with E-state index in [2.05, 4.69) is 12.2 Å². The van der Waals surface area contributed by atoms with Crippen LogP contribution in [0.25, 0.3) is 0 Å². The molecule has 0 aromatic heterocycles. The molecule has 0 unspecified atom stereocenters. The van der Waals surface area contributed by atoms with E-state index in [4.69, 9.17) is 9.47 Å². The monoisotopic (exact) mass is 404 g/mol. The fourth-order valence-electron chi connectivity index (χ4n) is 4.68. The smallest absolute Gasteiger partial charge is 0.256 e. The van der Waals surface area contributed by atoms with Crippen LogP contribution in [0.3, 0.4) is 0 Å². The summed E-state index contributed by atoms with van der Waals surface area (Å²) < 4.78 is 25.5. The maximum atomic E-state index is 13.8. The summed E-state index contributed by atoms with van der Waals surface area (Å²) in [5, 5.41) is 2.93. The zero-order chi connectivity index (χ0) is 20.4. The number of carbonyl (C=O) groups excluding carboxylic acids is 2. The summed E-state index contributed by atoms with van der Waals surface area (Å²) in [5.74, 6) is -0.501. The Bertz CT molecular complexity index is 757. The first-order valence-electron chi connectivity index (χ1n) is 10.6. The second kappa shape index (κ2) is 8.40. The number of hydrogen-bond acceptors (Lipinski definition) is 4. The topological polar surface area (TPSA) is 67.9 Å². The van der Waals surface area contributed by atoms with Gasteiger partial charge >= 0.3 is 0 Å². The fourth-order valence-corrected chi connectivity index (χ4v) is 4.68. The van der Waals surface area contributed by atoms with Crippen LogP contribution in [0.1, 0.15) is 55.8 Å². The third kappa shape index (κ3) is 4.16. The number of rotatable bonds is 4. The average Bonchev–Trinajstić information content (AvgIpc) is 3.36. The lowest BCUT2D eigenvalue weighted by atomic mass is 9.83. The molecular weight excluding hydrogens is 375 g/mol. The van der Waals surface area contributed by atoms with Gasteiger partial charge in [-0.3, -0.25) is 14.5 Å².